The van der Waals surface area contributed by atoms with Gasteiger partial charge in [0.15, 0.2) is 0 Å². The van der Waals surface area contributed by atoms with Gasteiger partial charge in [0.05, 0.1) is 5.41 Å². The second-order valence-corrected chi connectivity index (χ2v) is 16.3. The minimum absolute atomic E-state index is 0.431. The van der Waals surface area contributed by atoms with Crippen LogP contribution in [-0.4, -0.2) is 0 Å². The van der Waals surface area contributed by atoms with Crippen LogP contribution in [0.5, 0.6) is 0 Å². The van der Waals surface area contributed by atoms with E-state index in [2.05, 4.69) is 218 Å². The molecule has 0 heteroatoms. The zero-order chi connectivity index (χ0) is 38.7. The number of hydrogen-bond donors (Lipinski definition) is 0. The lowest BCUT2D eigenvalue weighted by Gasteiger charge is -2.31. The van der Waals surface area contributed by atoms with Crippen molar-refractivity contribution in [1.29, 1.82) is 0 Å². The molecule has 11 aromatic rings. The molecule has 2 aliphatic carbocycles. The fraction of sp³-hybridized carbons (Fsp3) is 0.0169. The normalized spacial score (nSPS) is 13.2. The SMILES string of the molecule is c1ccc(-c2ccc(-c3c4ccccc4c(-c4ccc5cc6c(cc5c4)C4(c5ccccc5-c5ccccc54)c4c-6ccc5ccccc45)c4ccccc34)cc2)cc1. The summed E-state index contributed by atoms with van der Waals surface area (Å²) in [6.45, 7) is 0. The van der Waals surface area contributed by atoms with Crippen molar-refractivity contribution in [2.24, 2.45) is 0 Å². The third-order valence-electron chi connectivity index (χ3n) is 13.4. The van der Waals surface area contributed by atoms with Gasteiger partial charge in [-0.1, -0.05) is 200 Å². The fourth-order valence-electron chi connectivity index (χ4n) is 11.0. The van der Waals surface area contributed by atoms with Gasteiger partial charge in [-0.25, -0.2) is 0 Å². The largest absolute Gasteiger partial charge is 0.0731 e. The molecule has 0 fully saturated rings. The molecule has 0 aliphatic heterocycles. The molecule has 0 radical (unpaired) electrons. The van der Waals surface area contributed by atoms with Gasteiger partial charge in [-0.3, -0.25) is 0 Å². The van der Waals surface area contributed by atoms with Crippen molar-refractivity contribution in [2.45, 2.75) is 5.41 Å². The van der Waals surface area contributed by atoms with Crippen LogP contribution in [0.3, 0.4) is 0 Å². The Labute approximate surface area is 343 Å². The van der Waals surface area contributed by atoms with E-state index >= 15 is 0 Å². The van der Waals surface area contributed by atoms with Crippen LogP contribution in [0.1, 0.15) is 22.3 Å². The Kier molecular flexibility index (Phi) is 6.74. The first-order chi connectivity index (χ1) is 29.3. The first-order valence-corrected chi connectivity index (χ1v) is 20.7. The second kappa shape index (κ2) is 12.2. The quantitative estimate of drug-likeness (QED) is 0.158. The fourth-order valence-corrected chi connectivity index (χ4v) is 11.0. The van der Waals surface area contributed by atoms with E-state index < -0.39 is 5.41 Å². The van der Waals surface area contributed by atoms with Gasteiger partial charge in [-0.15, -0.1) is 0 Å². The maximum Gasteiger partial charge on any atom is 0.0731 e. The van der Waals surface area contributed by atoms with Gasteiger partial charge < -0.3 is 0 Å². The Morgan fingerprint density at radius 3 is 1.39 bits per heavy atom. The summed E-state index contributed by atoms with van der Waals surface area (Å²) in [7, 11) is 0. The van der Waals surface area contributed by atoms with Gasteiger partial charge in [0.1, 0.15) is 0 Å². The summed E-state index contributed by atoms with van der Waals surface area (Å²) in [6.07, 6.45) is 0. The predicted molar refractivity (Wildman–Crippen MR) is 249 cm³/mol. The van der Waals surface area contributed by atoms with Crippen LogP contribution >= 0.6 is 0 Å². The van der Waals surface area contributed by atoms with Crippen molar-refractivity contribution >= 4 is 43.1 Å². The van der Waals surface area contributed by atoms with E-state index in [-0.39, 0.29) is 0 Å². The first-order valence-electron chi connectivity index (χ1n) is 20.7. The van der Waals surface area contributed by atoms with Crippen molar-refractivity contribution in [3.63, 3.8) is 0 Å². The van der Waals surface area contributed by atoms with Crippen LogP contribution in [-0.2, 0) is 5.41 Å². The lowest BCUT2D eigenvalue weighted by atomic mass is 9.69. The summed E-state index contributed by atoms with van der Waals surface area (Å²) < 4.78 is 0. The topological polar surface area (TPSA) is 0 Å². The Balaban J connectivity index is 1.06. The summed E-state index contributed by atoms with van der Waals surface area (Å²) >= 11 is 0. The highest BCUT2D eigenvalue weighted by Crippen LogP contribution is 2.64. The average molecular weight is 745 g/mol. The summed E-state index contributed by atoms with van der Waals surface area (Å²) in [4.78, 5) is 0. The maximum atomic E-state index is 2.54. The molecule has 0 heterocycles. The minimum Gasteiger partial charge on any atom is -0.0622 e. The molecule has 1 spiro atoms. The van der Waals surface area contributed by atoms with Crippen LogP contribution in [0.2, 0.25) is 0 Å². The summed E-state index contributed by atoms with van der Waals surface area (Å²) in [6, 6.07) is 81.8. The van der Waals surface area contributed by atoms with Crippen LogP contribution in [0.4, 0.5) is 0 Å². The monoisotopic (exact) mass is 744 g/mol. The highest BCUT2D eigenvalue weighted by Gasteiger charge is 2.52. The minimum atomic E-state index is -0.431. The Morgan fingerprint density at radius 2 is 0.729 bits per heavy atom. The van der Waals surface area contributed by atoms with Gasteiger partial charge in [-0.2, -0.15) is 0 Å². The molecule has 2 aliphatic rings. The number of hydrogen-bond acceptors (Lipinski definition) is 0. The molecular formula is C59H36. The standard InChI is InChI=1S/C59H36/c1-2-14-37(15-3-1)38-26-28-40(29-27-38)56-47-20-6-8-22-49(47)57(50-23-9-7-21-48(50)56)42-31-30-41-35-52-51-33-32-39-16-4-5-17-44(39)58(51)59(55(52)36-43(41)34-42)53-24-12-10-18-45(53)46-19-11-13-25-54(46)59/h1-36H. The third kappa shape index (κ3) is 4.43. The maximum absolute atomic E-state index is 2.54. The Hall–Kier alpha value is -7.54. The van der Waals surface area contributed by atoms with Crippen molar-refractivity contribution in [2.75, 3.05) is 0 Å². The summed E-state index contributed by atoms with van der Waals surface area (Å²) in [5.41, 5.74) is 17.9. The Bertz CT molecular complexity index is 3430. The predicted octanol–water partition coefficient (Wildman–Crippen LogP) is 15.6. The van der Waals surface area contributed by atoms with Gasteiger partial charge in [-0.05, 0) is 139 Å². The highest BCUT2D eigenvalue weighted by molar-refractivity contribution is 6.22. The molecule has 272 valence electrons. The molecule has 0 saturated heterocycles. The highest BCUT2D eigenvalue weighted by atomic mass is 14.5. The first kappa shape index (κ1) is 32.5. The lowest BCUT2D eigenvalue weighted by molar-refractivity contribution is 0.802. The third-order valence-corrected chi connectivity index (χ3v) is 13.4. The number of rotatable bonds is 3. The lowest BCUT2D eigenvalue weighted by Crippen LogP contribution is -2.26. The molecule has 0 bridgehead atoms. The van der Waals surface area contributed by atoms with Crippen LogP contribution < -0.4 is 0 Å². The van der Waals surface area contributed by atoms with E-state index in [1.54, 1.807) is 0 Å². The molecule has 59 heavy (non-hydrogen) atoms. The molecule has 0 aromatic heterocycles. The van der Waals surface area contributed by atoms with Gasteiger partial charge in [0, 0.05) is 0 Å². The molecule has 0 unspecified atom stereocenters. The second-order valence-electron chi connectivity index (χ2n) is 16.3. The molecule has 0 atom stereocenters. The zero-order valence-corrected chi connectivity index (χ0v) is 32.3. The molecule has 0 amide bonds. The zero-order valence-electron chi connectivity index (χ0n) is 32.3. The van der Waals surface area contributed by atoms with Crippen molar-refractivity contribution < 1.29 is 0 Å². The van der Waals surface area contributed by atoms with Crippen molar-refractivity contribution in [1.82, 2.24) is 0 Å². The molecule has 13 rings (SSSR count). The Morgan fingerprint density at radius 1 is 0.237 bits per heavy atom. The van der Waals surface area contributed by atoms with E-state index in [1.807, 2.05) is 0 Å². The van der Waals surface area contributed by atoms with Gasteiger partial charge >= 0.3 is 0 Å². The van der Waals surface area contributed by atoms with Gasteiger partial charge in [0.25, 0.3) is 0 Å². The van der Waals surface area contributed by atoms with Crippen LogP contribution in [0.25, 0.3) is 98.7 Å². The van der Waals surface area contributed by atoms with E-state index in [9.17, 15) is 0 Å². The number of benzene rings is 11. The van der Waals surface area contributed by atoms with E-state index in [0.29, 0.717) is 0 Å². The van der Waals surface area contributed by atoms with Crippen molar-refractivity contribution in [3.05, 3.63) is 241 Å². The molecular weight excluding hydrogens is 709 g/mol. The number of fused-ring (bicyclic) bond motifs is 15. The van der Waals surface area contributed by atoms with E-state index in [4.69, 9.17) is 0 Å². The molecule has 0 saturated carbocycles. The van der Waals surface area contributed by atoms with E-state index in [0.717, 1.165) is 0 Å². The van der Waals surface area contributed by atoms with E-state index in [1.165, 1.54) is 121 Å². The van der Waals surface area contributed by atoms with Gasteiger partial charge in [0.2, 0.25) is 0 Å². The molecule has 11 aromatic carbocycles. The van der Waals surface area contributed by atoms with Crippen molar-refractivity contribution in [3.8, 4) is 55.6 Å². The smallest absolute Gasteiger partial charge is 0.0622 e. The van der Waals surface area contributed by atoms with Crippen LogP contribution in [0.15, 0.2) is 218 Å². The summed E-state index contributed by atoms with van der Waals surface area (Å²) in [5.74, 6) is 0. The average Bonchev–Trinajstić information content (AvgIpc) is 3.77. The molecule has 0 nitrogen and oxygen atoms in total. The van der Waals surface area contributed by atoms with Crippen LogP contribution in [0, 0.1) is 0 Å². The summed E-state index contributed by atoms with van der Waals surface area (Å²) in [5, 5.41) is 10.2. The molecule has 0 N–H and O–H groups in total.